The molecule has 0 radical (unpaired) electrons. The van der Waals surface area contributed by atoms with Crippen LogP contribution in [0.5, 0.6) is 0 Å². The van der Waals surface area contributed by atoms with Crippen molar-refractivity contribution in [3.63, 3.8) is 0 Å². The van der Waals surface area contributed by atoms with Crippen molar-refractivity contribution < 1.29 is 9.32 Å². The van der Waals surface area contributed by atoms with Crippen LogP contribution in [0, 0.1) is 6.92 Å². The molecule has 6 nitrogen and oxygen atoms in total. The molecular formula is C22H20N4O2S. The first-order valence-electron chi connectivity index (χ1n) is 9.19. The number of amides is 1. The molecule has 0 unspecified atom stereocenters. The number of rotatable bonds is 7. The monoisotopic (exact) mass is 404 g/mol. The van der Waals surface area contributed by atoms with Gasteiger partial charge in [-0.2, -0.15) is 5.10 Å². The summed E-state index contributed by atoms with van der Waals surface area (Å²) >= 11 is 1.53. The summed E-state index contributed by atoms with van der Waals surface area (Å²) in [4.78, 5) is 12.2. The van der Waals surface area contributed by atoms with E-state index in [1.54, 1.807) is 13.0 Å². The number of hydrogen-bond donors (Lipinski definition) is 1. The Labute approximate surface area is 172 Å². The van der Waals surface area contributed by atoms with Crippen molar-refractivity contribution in [2.45, 2.75) is 12.7 Å². The van der Waals surface area contributed by atoms with E-state index in [1.807, 2.05) is 71.5 Å². The zero-order valence-electron chi connectivity index (χ0n) is 15.9. The first-order valence-corrected chi connectivity index (χ1v) is 10.3. The van der Waals surface area contributed by atoms with E-state index in [9.17, 15) is 4.79 Å². The van der Waals surface area contributed by atoms with E-state index in [0.717, 1.165) is 22.5 Å². The summed E-state index contributed by atoms with van der Waals surface area (Å²) in [6.45, 7) is 1.78. The maximum Gasteiger partial charge on any atom is 0.235 e. The zero-order chi connectivity index (χ0) is 20.1. The van der Waals surface area contributed by atoms with E-state index < -0.39 is 0 Å². The van der Waals surface area contributed by atoms with Crippen LogP contribution in [-0.4, -0.2) is 26.6 Å². The molecule has 2 heterocycles. The Morgan fingerprint density at radius 1 is 1.10 bits per heavy atom. The highest BCUT2D eigenvalue weighted by molar-refractivity contribution is 7.99. The van der Waals surface area contributed by atoms with Crippen molar-refractivity contribution in [3.8, 4) is 16.9 Å². The fourth-order valence-corrected chi connectivity index (χ4v) is 3.72. The maximum atomic E-state index is 12.2. The Morgan fingerprint density at radius 2 is 1.83 bits per heavy atom. The number of nitrogens with one attached hydrogen (secondary N) is 1. The number of benzene rings is 2. The molecule has 1 amide bonds. The third kappa shape index (κ3) is 4.75. The van der Waals surface area contributed by atoms with Crippen molar-refractivity contribution in [2.24, 2.45) is 0 Å². The van der Waals surface area contributed by atoms with E-state index in [-0.39, 0.29) is 5.91 Å². The lowest BCUT2D eigenvalue weighted by molar-refractivity contribution is -0.113. The molecule has 0 aliphatic carbocycles. The molecule has 146 valence electrons. The molecular weight excluding hydrogens is 384 g/mol. The van der Waals surface area contributed by atoms with Gasteiger partial charge in [0.2, 0.25) is 5.91 Å². The minimum Gasteiger partial charge on any atom is -0.360 e. The zero-order valence-corrected chi connectivity index (χ0v) is 16.7. The van der Waals surface area contributed by atoms with Gasteiger partial charge in [0.1, 0.15) is 5.76 Å². The summed E-state index contributed by atoms with van der Waals surface area (Å²) in [7, 11) is 0. The van der Waals surface area contributed by atoms with Crippen molar-refractivity contribution in [1.82, 2.24) is 14.9 Å². The number of aryl methyl sites for hydroxylation is 1. The molecule has 0 aliphatic rings. The summed E-state index contributed by atoms with van der Waals surface area (Å²) < 4.78 is 6.85. The highest BCUT2D eigenvalue weighted by atomic mass is 32.2. The van der Waals surface area contributed by atoms with Crippen molar-refractivity contribution in [3.05, 3.63) is 84.3 Å². The van der Waals surface area contributed by atoms with Gasteiger partial charge in [-0.25, -0.2) is 4.68 Å². The van der Waals surface area contributed by atoms with E-state index in [0.29, 0.717) is 23.1 Å². The lowest BCUT2D eigenvalue weighted by atomic mass is 10.1. The largest absolute Gasteiger partial charge is 0.360 e. The minimum absolute atomic E-state index is 0.111. The minimum atomic E-state index is -0.111. The first-order chi connectivity index (χ1) is 14.2. The summed E-state index contributed by atoms with van der Waals surface area (Å²) in [5.74, 6) is 1.97. The van der Waals surface area contributed by atoms with Crippen LogP contribution in [0.3, 0.4) is 0 Å². The molecule has 0 saturated heterocycles. The van der Waals surface area contributed by atoms with E-state index in [4.69, 9.17) is 9.62 Å². The van der Waals surface area contributed by atoms with E-state index >= 15 is 0 Å². The van der Waals surface area contributed by atoms with Gasteiger partial charge in [0.05, 0.1) is 17.1 Å². The highest BCUT2D eigenvalue weighted by Gasteiger charge is 2.13. The average molecular weight is 404 g/mol. The molecule has 29 heavy (non-hydrogen) atoms. The normalized spacial score (nSPS) is 10.8. The molecule has 4 aromatic rings. The second-order valence-electron chi connectivity index (χ2n) is 6.51. The highest BCUT2D eigenvalue weighted by Crippen LogP contribution is 2.27. The molecule has 7 heteroatoms. The quantitative estimate of drug-likeness (QED) is 0.483. The van der Waals surface area contributed by atoms with Crippen LogP contribution in [0.4, 0.5) is 5.82 Å². The van der Waals surface area contributed by atoms with Crippen LogP contribution in [0.2, 0.25) is 0 Å². The third-order valence-corrected chi connectivity index (χ3v) is 5.23. The number of carbonyl (C=O) groups is 1. The smallest absolute Gasteiger partial charge is 0.235 e. The van der Waals surface area contributed by atoms with Gasteiger partial charge in [-0.05, 0) is 19.1 Å². The summed E-state index contributed by atoms with van der Waals surface area (Å²) in [6.07, 6.45) is 2.03. The van der Waals surface area contributed by atoms with Crippen molar-refractivity contribution >= 4 is 23.5 Å². The van der Waals surface area contributed by atoms with Crippen molar-refractivity contribution in [1.29, 1.82) is 0 Å². The SMILES string of the molecule is Cc1cc(NC(=O)CSCc2cn(-c3ccccc3)nc2-c2ccccc2)no1. The Morgan fingerprint density at radius 3 is 2.52 bits per heavy atom. The molecule has 4 rings (SSSR count). The number of thioether (sulfide) groups is 1. The number of hydrogen-bond acceptors (Lipinski definition) is 5. The van der Waals surface area contributed by atoms with E-state index in [2.05, 4.69) is 10.5 Å². The number of carbonyl (C=O) groups excluding carboxylic acids is 1. The summed E-state index contributed by atoms with van der Waals surface area (Å²) in [5, 5.41) is 11.3. The van der Waals surface area contributed by atoms with Crippen LogP contribution in [0.1, 0.15) is 11.3 Å². The fourth-order valence-electron chi connectivity index (χ4n) is 2.93. The molecule has 0 bridgehead atoms. The first kappa shape index (κ1) is 19.0. The summed E-state index contributed by atoms with van der Waals surface area (Å²) in [6, 6.07) is 21.8. The topological polar surface area (TPSA) is 73.0 Å². The molecule has 2 aromatic carbocycles. The third-order valence-electron chi connectivity index (χ3n) is 4.24. The molecule has 0 fully saturated rings. The number of aromatic nitrogens is 3. The predicted octanol–water partition coefficient (Wildman–Crippen LogP) is 4.71. The Balaban J connectivity index is 1.48. The van der Waals surface area contributed by atoms with Crippen LogP contribution in [0.25, 0.3) is 16.9 Å². The Bertz CT molecular complexity index is 1090. The van der Waals surface area contributed by atoms with Crippen LogP contribution >= 0.6 is 11.8 Å². The lowest BCUT2D eigenvalue weighted by Gasteiger charge is -2.03. The fraction of sp³-hybridized carbons (Fsp3) is 0.136. The Kier molecular flexibility index (Phi) is 5.76. The standard InChI is InChI=1S/C22H20N4O2S/c1-16-12-20(25-28-16)23-21(27)15-29-14-18-13-26(19-10-6-3-7-11-19)24-22(18)17-8-4-2-5-9-17/h2-13H,14-15H2,1H3,(H,23,25,27). The molecule has 0 saturated carbocycles. The average Bonchev–Trinajstić information content (AvgIpc) is 3.35. The van der Waals surface area contributed by atoms with Crippen LogP contribution in [0.15, 0.2) is 77.4 Å². The van der Waals surface area contributed by atoms with Crippen LogP contribution < -0.4 is 5.32 Å². The molecule has 0 atom stereocenters. The number of anilines is 1. The summed E-state index contributed by atoms with van der Waals surface area (Å²) in [5.41, 5.74) is 4.06. The number of nitrogens with zero attached hydrogens (tertiary/aromatic N) is 3. The maximum absolute atomic E-state index is 12.2. The van der Waals surface area contributed by atoms with Gasteiger partial charge in [-0.1, -0.05) is 53.7 Å². The van der Waals surface area contributed by atoms with Gasteiger partial charge in [0.15, 0.2) is 5.82 Å². The van der Waals surface area contributed by atoms with Gasteiger partial charge in [-0.15, -0.1) is 11.8 Å². The van der Waals surface area contributed by atoms with Gasteiger partial charge in [0.25, 0.3) is 0 Å². The molecule has 1 N–H and O–H groups in total. The van der Waals surface area contributed by atoms with Gasteiger partial charge >= 0.3 is 0 Å². The lowest BCUT2D eigenvalue weighted by Crippen LogP contribution is -2.14. The van der Waals surface area contributed by atoms with Gasteiger partial charge < -0.3 is 9.84 Å². The molecule has 0 aliphatic heterocycles. The Hall–Kier alpha value is -3.32. The van der Waals surface area contributed by atoms with Crippen LogP contribution in [-0.2, 0) is 10.5 Å². The molecule has 2 aromatic heterocycles. The molecule has 0 spiro atoms. The second-order valence-corrected chi connectivity index (χ2v) is 7.50. The predicted molar refractivity (Wildman–Crippen MR) is 115 cm³/mol. The van der Waals surface area contributed by atoms with Gasteiger partial charge in [-0.3, -0.25) is 4.79 Å². The van der Waals surface area contributed by atoms with Crippen molar-refractivity contribution in [2.75, 3.05) is 11.1 Å². The van der Waals surface area contributed by atoms with Gasteiger partial charge in [0, 0.05) is 29.1 Å². The van der Waals surface area contributed by atoms with E-state index in [1.165, 1.54) is 11.8 Å². The number of para-hydroxylation sites is 1. The second kappa shape index (κ2) is 8.79.